The number of rotatable bonds is 2. The number of nitrogens with zero attached hydrogens (tertiary/aromatic N) is 1. The summed E-state index contributed by atoms with van der Waals surface area (Å²) in [5.41, 5.74) is 0.817. The second kappa shape index (κ2) is 5.81. The van der Waals surface area contributed by atoms with Gasteiger partial charge in [-0.1, -0.05) is 30.3 Å². The van der Waals surface area contributed by atoms with Crippen molar-refractivity contribution < 1.29 is 14.3 Å². The smallest absolute Gasteiger partial charge is 0.265 e. The van der Waals surface area contributed by atoms with Gasteiger partial charge in [-0.2, -0.15) is 0 Å². The van der Waals surface area contributed by atoms with E-state index in [-0.39, 0.29) is 10.7 Å². The number of likely N-dealkylation sites (N-methyl/N-ethyl adjacent to an activating group) is 1. The lowest BCUT2D eigenvalue weighted by Gasteiger charge is -2.25. The van der Waals surface area contributed by atoms with Crippen LogP contribution in [0.1, 0.15) is 5.56 Å². The molecule has 0 spiro atoms. The molecule has 2 aromatic rings. The zero-order valence-corrected chi connectivity index (χ0v) is 13.4. The Hall–Kier alpha value is -2.73. The zero-order valence-electron chi connectivity index (χ0n) is 12.6. The van der Waals surface area contributed by atoms with E-state index in [1.807, 2.05) is 36.4 Å². The first-order chi connectivity index (χ1) is 11.0. The average Bonchev–Trinajstić information content (AvgIpc) is 2.56. The van der Waals surface area contributed by atoms with Gasteiger partial charge in [0.2, 0.25) is 0 Å². The number of fused-ring (bicyclic) bond motifs is 1. The largest absolute Gasteiger partial charge is 0.496 e. The molecule has 5 nitrogen and oxygen atoms in total. The van der Waals surface area contributed by atoms with Crippen LogP contribution >= 0.6 is 12.2 Å². The molecule has 0 aromatic heterocycles. The predicted molar refractivity (Wildman–Crippen MR) is 92.0 cm³/mol. The van der Waals surface area contributed by atoms with E-state index in [0.717, 1.165) is 22.1 Å². The van der Waals surface area contributed by atoms with Gasteiger partial charge in [0.25, 0.3) is 11.8 Å². The van der Waals surface area contributed by atoms with E-state index in [0.29, 0.717) is 0 Å². The highest BCUT2D eigenvalue weighted by molar-refractivity contribution is 7.80. The van der Waals surface area contributed by atoms with Crippen molar-refractivity contribution in [3.8, 4) is 5.75 Å². The van der Waals surface area contributed by atoms with Crippen molar-refractivity contribution in [3.05, 3.63) is 47.5 Å². The van der Waals surface area contributed by atoms with Crippen molar-refractivity contribution in [2.75, 3.05) is 14.2 Å². The Labute approximate surface area is 138 Å². The van der Waals surface area contributed by atoms with Gasteiger partial charge in [0.1, 0.15) is 11.3 Å². The van der Waals surface area contributed by atoms with Crippen molar-refractivity contribution in [2.45, 2.75) is 0 Å². The van der Waals surface area contributed by atoms with Crippen LogP contribution in [0.3, 0.4) is 0 Å². The number of carbonyl (C=O) groups excluding carboxylic acids is 2. The molecule has 2 aromatic carbocycles. The molecule has 0 saturated carbocycles. The molecule has 0 unspecified atom stereocenters. The minimum absolute atomic E-state index is 0.0522. The fourth-order valence-corrected chi connectivity index (χ4v) is 2.68. The lowest BCUT2D eigenvalue weighted by molar-refractivity contribution is -0.128. The lowest BCUT2D eigenvalue weighted by atomic mass is 10.0. The predicted octanol–water partition coefficient (Wildman–Crippen LogP) is 2.10. The molecule has 6 heteroatoms. The Morgan fingerprint density at radius 2 is 1.83 bits per heavy atom. The fourth-order valence-electron chi connectivity index (χ4n) is 2.50. The number of benzene rings is 2. The van der Waals surface area contributed by atoms with Crippen LogP contribution in [-0.2, 0) is 9.59 Å². The maximum Gasteiger partial charge on any atom is 0.265 e. The third-order valence-corrected chi connectivity index (χ3v) is 4.12. The van der Waals surface area contributed by atoms with Gasteiger partial charge in [0.15, 0.2) is 5.11 Å². The van der Waals surface area contributed by atoms with E-state index in [9.17, 15) is 9.59 Å². The van der Waals surface area contributed by atoms with E-state index in [4.69, 9.17) is 17.0 Å². The van der Waals surface area contributed by atoms with E-state index in [2.05, 4.69) is 5.32 Å². The van der Waals surface area contributed by atoms with Crippen LogP contribution in [0.4, 0.5) is 0 Å². The van der Waals surface area contributed by atoms with Crippen LogP contribution in [0.25, 0.3) is 16.8 Å². The summed E-state index contributed by atoms with van der Waals surface area (Å²) in [5, 5.41) is 4.43. The molecule has 2 amide bonds. The quantitative estimate of drug-likeness (QED) is 0.522. The van der Waals surface area contributed by atoms with Gasteiger partial charge >= 0.3 is 0 Å². The average molecular weight is 326 g/mol. The zero-order chi connectivity index (χ0) is 16.6. The van der Waals surface area contributed by atoms with Crippen LogP contribution in [0, 0.1) is 0 Å². The summed E-state index contributed by atoms with van der Waals surface area (Å²) in [4.78, 5) is 25.6. The first-order valence-corrected chi connectivity index (χ1v) is 7.34. The van der Waals surface area contributed by atoms with E-state index >= 15 is 0 Å². The van der Waals surface area contributed by atoms with Crippen molar-refractivity contribution in [1.29, 1.82) is 0 Å². The second-order valence-corrected chi connectivity index (χ2v) is 5.47. The van der Waals surface area contributed by atoms with Gasteiger partial charge in [0.05, 0.1) is 7.11 Å². The van der Waals surface area contributed by atoms with E-state index in [1.54, 1.807) is 13.2 Å². The van der Waals surface area contributed by atoms with Gasteiger partial charge in [-0.3, -0.25) is 19.8 Å². The first-order valence-electron chi connectivity index (χ1n) is 6.93. The number of carbonyl (C=O) groups is 2. The minimum Gasteiger partial charge on any atom is -0.496 e. The highest BCUT2D eigenvalue weighted by Gasteiger charge is 2.30. The van der Waals surface area contributed by atoms with Crippen LogP contribution < -0.4 is 10.1 Å². The molecule has 3 rings (SSSR count). The molecular weight excluding hydrogens is 312 g/mol. The number of amides is 2. The molecule has 0 atom stereocenters. The number of hydrogen-bond donors (Lipinski definition) is 1. The summed E-state index contributed by atoms with van der Waals surface area (Å²) in [5.74, 6) is -0.169. The van der Waals surface area contributed by atoms with Gasteiger partial charge in [-0.25, -0.2) is 0 Å². The molecule has 116 valence electrons. The third-order valence-electron chi connectivity index (χ3n) is 3.74. The summed E-state index contributed by atoms with van der Waals surface area (Å²) in [7, 11) is 3.14. The topological polar surface area (TPSA) is 58.6 Å². The summed E-state index contributed by atoms with van der Waals surface area (Å²) in [6.45, 7) is 0. The lowest BCUT2D eigenvalue weighted by Crippen LogP contribution is -2.52. The normalized spacial score (nSPS) is 16.9. The third kappa shape index (κ3) is 2.57. The molecule has 1 N–H and O–H groups in total. The Morgan fingerprint density at radius 1 is 1.13 bits per heavy atom. The molecule has 1 saturated heterocycles. The highest BCUT2D eigenvalue weighted by Crippen LogP contribution is 2.30. The maximum atomic E-state index is 12.3. The minimum atomic E-state index is -0.488. The van der Waals surface area contributed by atoms with Gasteiger partial charge in [-0.05, 0) is 35.3 Å². The van der Waals surface area contributed by atoms with Crippen LogP contribution in [0.5, 0.6) is 5.75 Å². The van der Waals surface area contributed by atoms with Crippen LogP contribution in [-0.4, -0.2) is 36.0 Å². The van der Waals surface area contributed by atoms with E-state index in [1.165, 1.54) is 11.9 Å². The SMILES string of the molecule is COc1ccc(/C=C2\C(=O)NC(=S)N(C)C2=O)c2ccccc12. The number of methoxy groups -OCH3 is 1. The molecule has 1 aliphatic rings. The maximum absolute atomic E-state index is 12.3. The molecule has 0 radical (unpaired) electrons. The van der Waals surface area contributed by atoms with Gasteiger partial charge in [-0.15, -0.1) is 0 Å². The van der Waals surface area contributed by atoms with Crippen molar-refractivity contribution in [3.63, 3.8) is 0 Å². The Bertz CT molecular complexity index is 873. The molecule has 1 aliphatic heterocycles. The summed E-state index contributed by atoms with van der Waals surface area (Å²) >= 11 is 4.94. The molecule has 0 aliphatic carbocycles. The number of hydrogen-bond acceptors (Lipinski definition) is 4. The molecular formula is C17H14N2O3S. The summed E-state index contributed by atoms with van der Waals surface area (Å²) < 4.78 is 5.35. The van der Waals surface area contributed by atoms with Crippen LogP contribution in [0.2, 0.25) is 0 Å². The summed E-state index contributed by atoms with van der Waals surface area (Å²) in [6.07, 6.45) is 1.58. The Balaban J connectivity index is 2.16. The van der Waals surface area contributed by atoms with Crippen LogP contribution in [0.15, 0.2) is 42.0 Å². The standard InChI is InChI=1S/C17H14N2O3S/c1-19-16(21)13(15(20)18-17(19)23)9-10-7-8-14(22-2)12-6-4-3-5-11(10)12/h3-9H,1-2H3,(H,18,20,23)/b13-9+. The highest BCUT2D eigenvalue weighted by atomic mass is 32.1. The Morgan fingerprint density at radius 3 is 2.52 bits per heavy atom. The fraction of sp³-hybridized carbons (Fsp3) is 0.118. The molecule has 23 heavy (non-hydrogen) atoms. The van der Waals surface area contributed by atoms with Crippen molar-refractivity contribution >= 4 is 46.0 Å². The second-order valence-electron chi connectivity index (χ2n) is 5.08. The summed E-state index contributed by atoms with van der Waals surface area (Å²) in [6, 6.07) is 11.3. The number of ether oxygens (including phenoxy) is 1. The van der Waals surface area contributed by atoms with Gasteiger partial charge in [0, 0.05) is 12.4 Å². The van der Waals surface area contributed by atoms with E-state index < -0.39 is 11.8 Å². The Kier molecular flexibility index (Phi) is 3.83. The van der Waals surface area contributed by atoms with Gasteiger partial charge < -0.3 is 4.74 Å². The molecule has 1 heterocycles. The van der Waals surface area contributed by atoms with Crippen molar-refractivity contribution in [1.82, 2.24) is 10.2 Å². The van der Waals surface area contributed by atoms with Crippen molar-refractivity contribution in [2.24, 2.45) is 0 Å². The first kappa shape index (κ1) is 15.2. The number of nitrogens with one attached hydrogen (secondary N) is 1. The number of thiocarbonyl (C=S) groups is 1. The molecule has 1 fully saturated rings. The monoisotopic (exact) mass is 326 g/mol. The molecule has 0 bridgehead atoms.